The molecule has 3 aliphatic rings. The van der Waals surface area contributed by atoms with E-state index in [0.29, 0.717) is 37.4 Å². The molecule has 1 saturated carbocycles. The maximum Gasteiger partial charge on any atom is 0.255 e. The van der Waals surface area contributed by atoms with Crippen LogP contribution in [0.2, 0.25) is 0 Å². The second kappa shape index (κ2) is 11.6. The highest BCUT2D eigenvalue weighted by Crippen LogP contribution is 2.42. The van der Waals surface area contributed by atoms with E-state index in [-0.39, 0.29) is 27.7 Å². The van der Waals surface area contributed by atoms with Gasteiger partial charge in [-0.15, -0.1) is 0 Å². The minimum absolute atomic E-state index is 0.00480. The van der Waals surface area contributed by atoms with Crippen molar-refractivity contribution in [2.24, 2.45) is 11.3 Å². The zero-order valence-corrected chi connectivity index (χ0v) is 29.3. The first-order chi connectivity index (χ1) is 20.3. The minimum atomic E-state index is -3.77. The van der Waals surface area contributed by atoms with E-state index in [1.54, 1.807) is 6.07 Å². The molecule has 10 heteroatoms. The van der Waals surface area contributed by atoms with Gasteiger partial charge in [0.15, 0.2) is 0 Å². The summed E-state index contributed by atoms with van der Waals surface area (Å²) in [6, 6.07) is 5.56. The topological polar surface area (TPSA) is 106 Å². The Morgan fingerprint density at radius 2 is 1.61 bits per heavy atom. The van der Waals surface area contributed by atoms with Crippen LogP contribution in [-0.2, 0) is 31.7 Å². The molecule has 244 valence electrons. The SMILES string of the molecule is Cc1c(C(=O)N2CC3(CCS(=O)(=O)CC3)C2)cn(-c2ccc(S(=O)(=O)NC(C)(C)C)c(C(C)(C)C)c2)c1CC1CCCCC1. The maximum atomic E-state index is 13.9. The Bertz CT molecular complexity index is 1610. The number of sulfone groups is 1. The summed E-state index contributed by atoms with van der Waals surface area (Å²) in [6.07, 6.45) is 10.1. The molecule has 5 rings (SSSR count). The molecule has 1 N–H and O–H groups in total. The summed E-state index contributed by atoms with van der Waals surface area (Å²) in [5, 5.41) is 0. The van der Waals surface area contributed by atoms with E-state index >= 15 is 0 Å². The van der Waals surface area contributed by atoms with Gasteiger partial charge in [0.05, 0.1) is 22.0 Å². The minimum Gasteiger partial charge on any atom is -0.337 e. The van der Waals surface area contributed by atoms with Crippen molar-refractivity contribution >= 4 is 25.8 Å². The summed E-state index contributed by atoms with van der Waals surface area (Å²) in [5.74, 6) is 0.967. The Morgan fingerprint density at radius 1 is 1.00 bits per heavy atom. The molecule has 1 aromatic carbocycles. The Kier molecular flexibility index (Phi) is 8.73. The van der Waals surface area contributed by atoms with Crippen molar-refractivity contribution in [2.45, 2.75) is 116 Å². The quantitative estimate of drug-likeness (QED) is 0.419. The largest absolute Gasteiger partial charge is 0.337 e. The molecule has 1 aliphatic carbocycles. The zero-order chi connectivity index (χ0) is 32.3. The first-order valence-corrected chi connectivity index (χ1v) is 19.5. The Hall–Kier alpha value is -2.17. The first kappa shape index (κ1) is 33.2. The number of carbonyl (C=O) groups is 1. The van der Waals surface area contributed by atoms with E-state index in [4.69, 9.17) is 0 Å². The van der Waals surface area contributed by atoms with E-state index in [2.05, 4.69) is 9.29 Å². The third kappa shape index (κ3) is 6.97. The Morgan fingerprint density at radius 3 is 2.18 bits per heavy atom. The van der Waals surface area contributed by atoms with E-state index < -0.39 is 30.8 Å². The highest BCUT2D eigenvalue weighted by molar-refractivity contribution is 7.91. The van der Waals surface area contributed by atoms with Gasteiger partial charge >= 0.3 is 0 Å². The monoisotopic (exact) mass is 645 g/mol. The highest BCUT2D eigenvalue weighted by Gasteiger charge is 2.48. The first-order valence-electron chi connectivity index (χ1n) is 16.2. The standard InChI is InChI=1S/C34H51N3O5S2/c1-24-27(31(38)36-22-34(23-36)15-17-43(39,40)18-16-34)21-37(29(24)19-25-11-9-8-10-12-25)26-13-14-30(28(20-26)32(2,3)4)44(41,42)35-33(5,6)7/h13-14,20-21,25,35H,8-12,15-19,22-23H2,1-7H3. The molecule has 1 amide bonds. The summed E-state index contributed by atoms with van der Waals surface area (Å²) in [5.41, 5.74) is 3.22. The number of benzene rings is 1. The summed E-state index contributed by atoms with van der Waals surface area (Å²) >= 11 is 0. The van der Waals surface area contributed by atoms with Gasteiger partial charge in [-0.1, -0.05) is 52.9 Å². The van der Waals surface area contributed by atoms with Gasteiger partial charge in [0, 0.05) is 41.6 Å². The lowest BCUT2D eigenvalue weighted by Crippen LogP contribution is -2.60. The van der Waals surface area contributed by atoms with Crippen molar-refractivity contribution in [3.63, 3.8) is 0 Å². The van der Waals surface area contributed by atoms with Crippen LogP contribution in [0.3, 0.4) is 0 Å². The van der Waals surface area contributed by atoms with E-state index in [9.17, 15) is 21.6 Å². The molecule has 2 aromatic rings. The average molecular weight is 646 g/mol. The summed E-state index contributed by atoms with van der Waals surface area (Å²) in [6.45, 7) is 14.8. The predicted octanol–water partition coefficient (Wildman–Crippen LogP) is 5.93. The van der Waals surface area contributed by atoms with E-state index in [1.165, 1.54) is 32.1 Å². The van der Waals surface area contributed by atoms with Crippen molar-refractivity contribution in [1.29, 1.82) is 0 Å². The van der Waals surface area contributed by atoms with Gasteiger partial charge in [-0.2, -0.15) is 0 Å². The van der Waals surface area contributed by atoms with Crippen molar-refractivity contribution in [1.82, 2.24) is 14.2 Å². The summed E-state index contributed by atoms with van der Waals surface area (Å²) in [7, 11) is -6.72. The third-order valence-corrected chi connectivity index (χ3v) is 13.3. The molecule has 3 heterocycles. The van der Waals surface area contributed by atoms with Gasteiger partial charge in [-0.25, -0.2) is 21.6 Å². The highest BCUT2D eigenvalue weighted by atomic mass is 32.2. The fourth-order valence-corrected chi connectivity index (χ4v) is 10.8. The molecule has 1 aromatic heterocycles. The molecule has 1 spiro atoms. The number of hydrogen-bond donors (Lipinski definition) is 1. The number of hydrogen-bond acceptors (Lipinski definition) is 5. The van der Waals surface area contributed by atoms with Crippen LogP contribution in [0, 0.1) is 18.3 Å². The zero-order valence-electron chi connectivity index (χ0n) is 27.6. The van der Waals surface area contributed by atoms with Crippen LogP contribution in [0.25, 0.3) is 5.69 Å². The van der Waals surface area contributed by atoms with Gasteiger partial charge in [0.25, 0.3) is 5.91 Å². The van der Waals surface area contributed by atoms with Crippen molar-refractivity contribution in [2.75, 3.05) is 24.6 Å². The number of amides is 1. The van der Waals surface area contributed by atoms with Crippen LogP contribution in [0.15, 0.2) is 29.3 Å². The molecule has 2 aliphatic heterocycles. The third-order valence-electron chi connectivity index (χ3n) is 9.83. The molecular weight excluding hydrogens is 595 g/mol. The molecule has 0 radical (unpaired) electrons. The van der Waals surface area contributed by atoms with Gasteiger partial charge in [-0.3, -0.25) is 4.79 Å². The predicted molar refractivity (Wildman–Crippen MR) is 176 cm³/mol. The van der Waals surface area contributed by atoms with Crippen LogP contribution in [0.4, 0.5) is 0 Å². The lowest BCUT2D eigenvalue weighted by atomic mass is 9.74. The molecule has 0 bridgehead atoms. The average Bonchev–Trinajstić information content (AvgIpc) is 3.21. The summed E-state index contributed by atoms with van der Waals surface area (Å²) in [4.78, 5) is 16.1. The second-order valence-corrected chi connectivity index (χ2v) is 19.7. The molecular formula is C34H51N3O5S2. The molecule has 8 nitrogen and oxygen atoms in total. The van der Waals surface area contributed by atoms with Gasteiger partial charge in [-0.05, 0) is 87.6 Å². The Labute approximate surface area is 265 Å². The molecule has 3 fully saturated rings. The lowest BCUT2D eigenvalue weighted by molar-refractivity contribution is 0.000286. The van der Waals surface area contributed by atoms with Crippen molar-refractivity contribution in [3.05, 3.63) is 46.8 Å². The second-order valence-electron chi connectivity index (χ2n) is 15.8. The normalized spacial score (nSPS) is 20.9. The number of aromatic nitrogens is 1. The van der Waals surface area contributed by atoms with Gasteiger partial charge < -0.3 is 9.47 Å². The van der Waals surface area contributed by atoms with Crippen LogP contribution in [-0.4, -0.2) is 62.3 Å². The number of rotatable bonds is 6. The number of carbonyl (C=O) groups excluding carboxylic acids is 1. The van der Waals surface area contributed by atoms with Crippen LogP contribution in [0.1, 0.15) is 114 Å². The number of likely N-dealkylation sites (tertiary alicyclic amines) is 1. The van der Waals surface area contributed by atoms with Crippen LogP contribution in [0.5, 0.6) is 0 Å². The van der Waals surface area contributed by atoms with E-state index in [1.807, 2.05) is 71.7 Å². The fourth-order valence-electron chi connectivity index (χ4n) is 7.31. The molecule has 2 saturated heterocycles. The van der Waals surface area contributed by atoms with Crippen LogP contribution >= 0.6 is 0 Å². The molecule has 0 atom stereocenters. The number of nitrogens with one attached hydrogen (secondary N) is 1. The van der Waals surface area contributed by atoms with Gasteiger partial charge in [0.2, 0.25) is 10.0 Å². The fraction of sp³-hybridized carbons (Fsp3) is 0.676. The van der Waals surface area contributed by atoms with Crippen molar-refractivity contribution in [3.8, 4) is 5.69 Å². The van der Waals surface area contributed by atoms with E-state index in [0.717, 1.165) is 28.9 Å². The summed E-state index contributed by atoms with van der Waals surface area (Å²) < 4.78 is 56.0. The van der Waals surface area contributed by atoms with Crippen LogP contribution < -0.4 is 4.72 Å². The number of sulfonamides is 1. The smallest absolute Gasteiger partial charge is 0.255 e. The Balaban J connectivity index is 1.52. The molecule has 44 heavy (non-hydrogen) atoms. The lowest BCUT2D eigenvalue weighted by Gasteiger charge is -2.52. The maximum absolute atomic E-state index is 13.9. The van der Waals surface area contributed by atoms with Crippen molar-refractivity contribution < 1.29 is 21.6 Å². The molecule has 0 unspecified atom stereocenters. The van der Waals surface area contributed by atoms with Gasteiger partial charge in [0.1, 0.15) is 9.84 Å². The number of nitrogens with zero attached hydrogens (tertiary/aromatic N) is 2.